The third-order valence-electron chi connectivity index (χ3n) is 4.49. The number of rotatable bonds is 7. The molecule has 7 heteroatoms. The van der Waals surface area contributed by atoms with Gasteiger partial charge in [0, 0.05) is 38.9 Å². The van der Waals surface area contributed by atoms with Crippen LogP contribution in [0.2, 0.25) is 0 Å². The maximum Gasteiger partial charge on any atom is 0.315 e. The Hall–Kier alpha value is -2.80. The lowest BCUT2D eigenvalue weighted by molar-refractivity contribution is 0.236. The lowest BCUT2D eigenvalue weighted by Crippen LogP contribution is -2.44. The fourth-order valence-corrected chi connectivity index (χ4v) is 2.84. The van der Waals surface area contributed by atoms with Crippen molar-refractivity contribution in [2.75, 3.05) is 51.3 Å². The van der Waals surface area contributed by atoms with E-state index >= 15 is 0 Å². The minimum atomic E-state index is -0.213. The first-order valence-electron chi connectivity index (χ1n) is 9.29. The zero-order valence-corrected chi connectivity index (χ0v) is 15.7. The van der Waals surface area contributed by atoms with Crippen LogP contribution < -0.4 is 20.3 Å². The molecule has 1 fully saturated rings. The molecule has 1 aliphatic heterocycles. The Morgan fingerprint density at radius 3 is 2.56 bits per heavy atom. The summed E-state index contributed by atoms with van der Waals surface area (Å²) in [6.45, 7) is 5.42. The third-order valence-corrected chi connectivity index (χ3v) is 4.49. The van der Waals surface area contributed by atoms with Gasteiger partial charge in [-0.3, -0.25) is 0 Å². The molecule has 3 rings (SSSR count). The van der Waals surface area contributed by atoms with Gasteiger partial charge in [0.2, 0.25) is 0 Å². The van der Waals surface area contributed by atoms with Gasteiger partial charge in [0.05, 0.1) is 6.54 Å². The van der Waals surface area contributed by atoms with Gasteiger partial charge in [0.25, 0.3) is 0 Å². The monoisotopic (exact) mass is 369 g/mol. The summed E-state index contributed by atoms with van der Waals surface area (Å²) in [6, 6.07) is 13.4. The number of piperazine rings is 1. The number of nitrogens with zero attached hydrogens (tertiary/aromatic N) is 3. The van der Waals surface area contributed by atoms with Crippen molar-refractivity contribution in [1.29, 1.82) is 0 Å². The van der Waals surface area contributed by atoms with Gasteiger partial charge in [0.15, 0.2) is 0 Å². The minimum absolute atomic E-state index is 0.213. The van der Waals surface area contributed by atoms with Gasteiger partial charge >= 0.3 is 6.03 Å². The first kappa shape index (κ1) is 19.0. The maximum absolute atomic E-state index is 11.9. The fraction of sp³-hybridized carbons (Fsp3) is 0.400. The van der Waals surface area contributed by atoms with Crippen LogP contribution in [0.15, 0.2) is 48.7 Å². The third kappa shape index (κ3) is 6.14. The number of likely N-dealkylation sites (N-methyl/N-ethyl adjacent to an activating group) is 1. The van der Waals surface area contributed by atoms with Gasteiger partial charge in [0.1, 0.15) is 18.2 Å². The van der Waals surface area contributed by atoms with Crippen molar-refractivity contribution in [3.05, 3.63) is 54.2 Å². The SMILES string of the molecule is CN1CCN(c2ccc(CNC(=O)NCCOc3ccccc3)cn2)CC1. The molecule has 0 unspecified atom stereocenters. The number of aromatic nitrogens is 1. The molecule has 1 aromatic carbocycles. The average Bonchev–Trinajstić information content (AvgIpc) is 2.71. The number of ether oxygens (including phenoxy) is 1. The van der Waals surface area contributed by atoms with Gasteiger partial charge in [-0.25, -0.2) is 9.78 Å². The van der Waals surface area contributed by atoms with Crippen molar-refractivity contribution >= 4 is 11.8 Å². The second-order valence-corrected chi connectivity index (χ2v) is 6.59. The van der Waals surface area contributed by atoms with Crippen molar-refractivity contribution in [3.8, 4) is 5.75 Å². The number of urea groups is 1. The van der Waals surface area contributed by atoms with Crippen molar-refractivity contribution in [2.24, 2.45) is 0 Å². The molecule has 0 aliphatic carbocycles. The smallest absolute Gasteiger partial charge is 0.315 e. The van der Waals surface area contributed by atoms with Crippen LogP contribution in [0.3, 0.4) is 0 Å². The number of para-hydroxylation sites is 1. The lowest BCUT2D eigenvalue weighted by atomic mass is 10.2. The molecule has 0 spiro atoms. The Kier molecular flexibility index (Phi) is 6.87. The van der Waals surface area contributed by atoms with Crippen LogP contribution in [-0.4, -0.2) is 62.3 Å². The summed E-state index contributed by atoms with van der Waals surface area (Å²) in [6.07, 6.45) is 1.83. The van der Waals surface area contributed by atoms with E-state index in [-0.39, 0.29) is 6.03 Å². The van der Waals surface area contributed by atoms with Crippen LogP contribution in [0, 0.1) is 0 Å². The second-order valence-electron chi connectivity index (χ2n) is 6.59. The van der Waals surface area contributed by atoms with Crippen molar-refractivity contribution < 1.29 is 9.53 Å². The number of nitrogens with one attached hydrogen (secondary N) is 2. The van der Waals surface area contributed by atoms with Gasteiger partial charge < -0.3 is 25.2 Å². The summed E-state index contributed by atoms with van der Waals surface area (Å²) < 4.78 is 5.54. The molecule has 2 aromatic rings. The van der Waals surface area contributed by atoms with Crippen LogP contribution >= 0.6 is 0 Å². The van der Waals surface area contributed by atoms with Crippen LogP contribution in [0.5, 0.6) is 5.75 Å². The highest BCUT2D eigenvalue weighted by Gasteiger charge is 2.14. The van der Waals surface area contributed by atoms with Crippen LogP contribution in [0.1, 0.15) is 5.56 Å². The molecule has 0 atom stereocenters. The van der Waals surface area contributed by atoms with E-state index in [9.17, 15) is 4.79 Å². The topological polar surface area (TPSA) is 69.7 Å². The normalized spacial score (nSPS) is 14.6. The molecule has 144 valence electrons. The molecule has 0 saturated carbocycles. The van der Waals surface area contributed by atoms with Gasteiger partial charge in [-0.15, -0.1) is 0 Å². The largest absolute Gasteiger partial charge is 0.492 e. The molecule has 1 saturated heterocycles. The van der Waals surface area contributed by atoms with Gasteiger partial charge in [-0.05, 0) is 30.8 Å². The number of hydrogen-bond acceptors (Lipinski definition) is 5. The van der Waals surface area contributed by atoms with Crippen molar-refractivity contribution in [2.45, 2.75) is 6.54 Å². The number of carbonyl (C=O) groups excluding carboxylic acids is 1. The molecule has 7 nitrogen and oxygen atoms in total. The van der Waals surface area contributed by atoms with Crippen molar-refractivity contribution in [3.63, 3.8) is 0 Å². The number of benzene rings is 1. The summed E-state index contributed by atoms with van der Waals surface area (Å²) in [5, 5.41) is 5.62. The van der Waals surface area contributed by atoms with Crippen LogP contribution in [0.25, 0.3) is 0 Å². The highest BCUT2D eigenvalue weighted by Crippen LogP contribution is 2.13. The Bertz CT molecular complexity index is 700. The van der Waals surface area contributed by atoms with E-state index in [1.807, 2.05) is 48.7 Å². The molecule has 2 amide bonds. The second kappa shape index (κ2) is 9.78. The molecule has 0 bridgehead atoms. The Balaban J connectivity index is 1.34. The molecular weight excluding hydrogens is 342 g/mol. The Morgan fingerprint density at radius 1 is 1.07 bits per heavy atom. The number of amides is 2. The average molecular weight is 369 g/mol. The van der Waals surface area contributed by atoms with E-state index in [0.717, 1.165) is 43.3 Å². The van der Waals surface area contributed by atoms with Crippen LogP contribution in [0.4, 0.5) is 10.6 Å². The molecule has 27 heavy (non-hydrogen) atoms. The number of hydrogen-bond donors (Lipinski definition) is 2. The fourth-order valence-electron chi connectivity index (χ4n) is 2.84. The molecule has 0 radical (unpaired) electrons. The minimum Gasteiger partial charge on any atom is -0.492 e. The summed E-state index contributed by atoms with van der Waals surface area (Å²) in [5.74, 6) is 1.79. The first-order chi connectivity index (χ1) is 13.2. The molecule has 1 aromatic heterocycles. The highest BCUT2D eigenvalue weighted by atomic mass is 16.5. The number of carbonyl (C=O) groups is 1. The quantitative estimate of drug-likeness (QED) is 0.727. The summed E-state index contributed by atoms with van der Waals surface area (Å²) in [5.41, 5.74) is 0.976. The van der Waals surface area contributed by atoms with Crippen LogP contribution in [-0.2, 0) is 6.54 Å². The predicted molar refractivity (Wildman–Crippen MR) is 106 cm³/mol. The zero-order chi connectivity index (χ0) is 18.9. The van der Waals surface area contributed by atoms with E-state index in [0.29, 0.717) is 19.7 Å². The zero-order valence-electron chi connectivity index (χ0n) is 15.7. The van der Waals surface area contributed by atoms with E-state index in [2.05, 4.69) is 32.5 Å². The number of anilines is 1. The molecular formula is C20H27N5O2. The Labute approximate surface area is 160 Å². The predicted octanol–water partition coefficient (Wildman–Crippen LogP) is 1.71. The molecule has 2 heterocycles. The van der Waals surface area contributed by atoms with E-state index < -0.39 is 0 Å². The maximum atomic E-state index is 11.9. The highest BCUT2D eigenvalue weighted by molar-refractivity contribution is 5.73. The summed E-state index contributed by atoms with van der Waals surface area (Å²) >= 11 is 0. The van der Waals surface area contributed by atoms with Gasteiger partial charge in [-0.1, -0.05) is 24.3 Å². The van der Waals surface area contributed by atoms with E-state index in [4.69, 9.17) is 4.74 Å². The molecule has 2 N–H and O–H groups in total. The van der Waals surface area contributed by atoms with E-state index in [1.165, 1.54) is 0 Å². The van der Waals surface area contributed by atoms with Gasteiger partial charge in [-0.2, -0.15) is 0 Å². The Morgan fingerprint density at radius 2 is 1.85 bits per heavy atom. The summed E-state index contributed by atoms with van der Waals surface area (Å²) in [4.78, 5) is 21.0. The summed E-state index contributed by atoms with van der Waals surface area (Å²) in [7, 11) is 2.14. The number of pyridine rings is 1. The standard InChI is InChI=1S/C20H27N5O2/c1-24-10-12-25(13-11-24)19-8-7-17(15-22-19)16-23-20(26)21-9-14-27-18-5-3-2-4-6-18/h2-8,15H,9-14,16H2,1H3,(H2,21,23,26). The van der Waals surface area contributed by atoms with Crippen molar-refractivity contribution in [1.82, 2.24) is 20.5 Å². The first-order valence-corrected chi connectivity index (χ1v) is 9.29. The lowest BCUT2D eigenvalue weighted by Gasteiger charge is -2.33. The van der Waals surface area contributed by atoms with E-state index in [1.54, 1.807) is 0 Å². The molecule has 1 aliphatic rings.